The predicted octanol–water partition coefficient (Wildman–Crippen LogP) is 3.25. The van der Waals surface area contributed by atoms with Crippen LogP contribution in [-0.2, 0) is 16.6 Å². The zero-order valence-electron chi connectivity index (χ0n) is 11.7. The number of aryl methyl sites for hydroxylation is 2. The number of hydrogen-bond donors (Lipinski definition) is 2. The molecule has 0 aliphatic heterocycles. The van der Waals surface area contributed by atoms with Crippen molar-refractivity contribution in [1.29, 1.82) is 0 Å². The summed E-state index contributed by atoms with van der Waals surface area (Å²) in [7, 11) is -3.67. The number of benzene rings is 2. The molecule has 112 valence electrons. The van der Waals surface area contributed by atoms with Gasteiger partial charge < -0.3 is 5.11 Å². The first-order chi connectivity index (χ1) is 9.83. The van der Waals surface area contributed by atoms with Gasteiger partial charge in [0.15, 0.2) is 0 Å². The van der Waals surface area contributed by atoms with Gasteiger partial charge in [-0.1, -0.05) is 23.7 Å². The molecule has 4 nitrogen and oxygen atoms in total. The van der Waals surface area contributed by atoms with E-state index in [1.807, 2.05) is 0 Å². The van der Waals surface area contributed by atoms with Gasteiger partial charge in [-0.25, -0.2) is 8.42 Å². The molecule has 0 aliphatic rings. The molecule has 0 heterocycles. The van der Waals surface area contributed by atoms with Crippen LogP contribution in [0.3, 0.4) is 0 Å². The maximum absolute atomic E-state index is 12.4. The van der Waals surface area contributed by atoms with Crippen LogP contribution in [0.1, 0.15) is 16.7 Å². The maximum Gasteiger partial charge on any atom is 0.262 e. The average Bonchev–Trinajstić information content (AvgIpc) is 2.43. The standard InChI is InChI=1S/C15H16ClNO3S/c1-10-8-15(11(2)7-14(10)16)21(19,20)17-13-5-3-12(9-18)4-6-13/h3-8,17-18H,9H2,1-2H3. The van der Waals surface area contributed by atoms with Crippen LogP contribution in [0.4, 0.5) is 5.69 Å². The van der Waals surface area contributed by atoms with Crippen LogP contribution < -0.4 is 4.72 Å². The molecule has 0 bridgehead atoms. The van der Waals surface area contributed by atoms with Gasteiger partial charge in [0, 0.05) is 10.7 Å². The Labute approximate surface area is 129 Å². The van der Waals surface area contributed by atoms with E-state index in [0.29, 0.717) is 21.8 Å². The minimum atomic E-state index is -3.67. The largest absolute Gasteiger partial charge is 0.392 e. The summed E-state index contributed by atoms with van der Waals surface area (Å²) in [5.41, 5.74) is 2.46. The molecule has 6 heteroatoms. The number of anilines is 1. The fourth-order valence-electron chi connectivity index (χ4n) is 1.93. The topological polar surface area (TPSA) is 66.4 Å². The fraction of sp³-hybridized carbons (Fsp3) is 0.200. The van der Waals surface area contributed by atoms with E-state index in [9.17, 15) is 8.42 Å². The highest BCUT2D eigenvalue weighted by atomic mass is 35.5. The van der Waals surface area contributed by atoms with Crippen LogP contribution in [0.25, 0.3) is 0 Å². The molecule has 0 unspecified atom stereocenters. The lowest BCUT2D eigenvalue weighted by Crippen LogP contribution is -2.14. The van der Waals surface area contributed by atoms with Crippen molar-refractivity contribution in [1.82, 2.24) is 0 Å². The Hall–Kier alpha value is -1.56. The van der Waals surface area contributed by atoms with Gasteiger partial charge in [0.25, 0.3) is 10.0 Å². The average molecular weight is 326 g/mol. The number of halogens is 1. The number of rotatable bonds is 4. The molecule has 0 saturated carbocycles. The SMILES string of the molecule is Cc1cc(S(=O)(=O)Nc2ccc(CO)cc2)c(C)cc1Cl. The van der Waals surface area contributed by atoms with E-state index in [4.69, 9.17) is 16.7 Å². The Bertz CT molecular complexity index is 755. The van der Waals surface area contributed by atoms with E-state index < -0.39 is 10.0 Å². The summed E-state index contributed by atoms with van der Waals surface area (Å²) in [4.78, 5) is 0.204. The summed E-state index contributed by atoms with van der Waals surface area (Å²) in [5, 5.41) is 9.52. The minimum Gasteiger partial charge on any atom is -0.392 e. The molecular weight excluding hydrogens is 310 g/mol. The van der Waals surface area contributed by atoms with E-state index >= 15 is 0 Å². The van der Waals surface area contributed by atoms with E-state index in [-0.39, 0.29) is 11.5 Å². The number of hydrogen-bond acceptors (Lipinski definition) is 3. The van der Waals surface area contributed by atoms with Crippen molar-refractivity contribution in [2.75, 3.05) is 4.72 Å². The molecule has 0 aliphatic carbocycles. The van der Waals surface area contributed by atoms with Crippen LogP contribution in [0.5, 0.6) is 0 Å². The summed E-state index contributed by atoms with van der Waals surface area (Å²) in [6.45, 7) is 3.38. The summed E-state index contributed by atoms with van der Waals surface area (Å²) >= 11 is 5.99. The van der Waals surface area contributed by atoms with Gasteiger partial charge in [-0.3, -0.25) is 4.72 Å². The highest BCUT2D eigenvalue weighted by Crippen LogP contribution is 2.25. The molecule has 0 spiro atoms. The van der Waals surface area contributed by atoms with Crippen molar-refractivity contribution < 1.29 is 13.5 Å². The molecule has 0 fully saturated rings. The Morgan fingerprint density at radius 2 is 1.71 bits per heavy atom. The predicted molar refractivity (Wildman–Crippen MR) is 84.1 cm³/mol. The van der Waals surface area contributed by atoms with Crippen LogP contribution in [-0.4, -0.2) is 13.5 Å². The molecule has 0 radical (unpaired) electrons. The molecule has 21 heavy (non-hydrogen) atoms. The van der Waals surface area contributed by atoms with Gasteiger partial charge in [0.05, 0.1) is 11.5 Å². The molecule has 2 rings (SSSR count). The lowest BCUT2D eigenvalue weighted by molar-refractivity contribution is 0.282. The maximum atomic E-state index is 12.4. The second-order valence-corrected chi connectivity index (χ2v) is 6.89. The normalized spacial score (nSPS) is 11.4. The van der Waals surface area contributed by atoms with Crippen molar-refractivity contribution in [3.63, 3.8) is 0 Å². The first-order valence-corrected chi connectivity index (χ1v) is 8.19. The van der Waals surface area contributed by atoms with Crippen molar-refractivity contribution in [3.8, 4) is 0 Å². The zero-order valence-corrected chi connectivity index (χ0v) is 13.3. The lowest BCUT2D eigenvalue weighted by Gasteiger charge is -2.12. The van der Waals surface area contributed by atoms with Crippen LogP contribution in [0, 0.1) is 13.8 Å². The second-order valence-electron chi connectivity index (χ2n) is 4.83. The Morgan fingerprint density at radius 3 is 2.29 bits per heavy atom. The molecule has 2 aromatic rings. The van der Waals surface area contributed by atoms with Crippen LogP contribution in [0.2, 0.25) is 5.02 Å². The molecule has 2 N–H and O–H groups in total. The molecule has 0 saturated heterocycles. The third-order valence-electron chi connectivity index (χ3n) is 3.13. The number of aliphatic hydroxyl groups excluding tert-OH is 1. The van der Waals surface area contributed by atoms with Crippen molar-refractivity contribution >= 4 is 27.3 Å². The van der Waals surface area contributed by atoms with Crippen molar-refractivity contribution in [2.24, 2.45) is 0 Å². The van der Waals surface area contributed by atoms with E-state index in [1.54, 1.807) is 50.2 Å². The van der Waals surface area contributed by atoms with E-state index in [1.165, 1.54) is 0 Å². The van der Waals surface area contributed by atoms with Gasteiger partial charge in [0.1, 0.15) is 0 Å². The van der Waals surface area contributed by atoms with Crippen LogP contribution in [0.15, 0.2) is 41.3 Å². The monoisotopic (exact) mass is 325 g/mol. The Morgan fingerprint density at radius 1 is 1.10 bits per heavy atom. The fourth-order valence-corrected chi connectivity index (χ4v) is 3.52. The van der Waals surface area contributed by atoms with Crippen molar-refractivity contribution in [3.05, 3.63) is 58.1 Å². The quantitative estimate of drug-likeness (QED) is 0.906. The van der Waals surface area contributed by atoms with Crippen LogP contribution >= 0.6 is 11.6 Å². The first-order valence-electron chi connectivity index (χ1n) is 6.33. The highest BCUT2D eigenvalue weighted by Gasteiger charge is 2.18. The molecule has 0 aromatic heterocycles. The number of nitrogens with one attached hydrogen (secondary N) is 1. The van der Waals surface area contributed by atoms with Gasteiger partial charge in [-0.15, -0.1) is 0 Å². The smallest absolute Gasteiger partial charge is 0.262 e. The van der Waals surface area contributed by atoms with Crippen molar-refractivity contribution in [2.45, 2.75) is 25.3 Å². The Kier molecular flexibility index (Phi) is 4.56. The molecule has 0 atom stereocenters. The third kappa shape index (κ3) is 3.56. The van der Waals surface area contributed by atoms with Gasteiger partial charge in [-0.2, -0.15) is 0 Å². The number of sulfonamides is 1. The zero-order chi connectivity index (χ0) is 15.6. The lowest BCUT2D eigenvalue weighted by atomic mass is 10.2. The summed E-state index contributed by atoms with van der Waals surface area (Å²) in [6.07, 6.45) is 0. The van der Waals surface area contributed by atoms with Gasteiger partial charge in [-0.05, 0) is 54.8 Å². The summed E-state index contributed by atoms with van der Waals surface area (Å²) < 4.78 is 27.4. The summed E-state index contributed by atoms with van der Waals surface area (Å²) in [5.74, 6) is 0. The van der Waals surface area contributed by atoms with E-state index in [2.05, 4.69) is 4.72 Å². The van der Waals surface area contributed by atoms with Gasteiger partial charge in [0.2, 0.25) is 0 Å². The Balaban J connectivity index is 2.35. The highest BCUT2D eigenvalue weighted by molar-refractivity contribution is 7.92. The van der Waals surface area contributed by atoms with E-state index in [0.717, 1.165) is 5.56 Å². The number of aliphatic hydroxyl groups is 1. The van der Waals surface area contributed by atoms with Gasteiger partial charge >= 0.3 is 0 Å². The summed E-state index contributed by atoms with van der Waals surface area (Å²) in [6, 6.07) is 9.75. The molecule has 2 aromatic carbocycles. The molecular formula is C15H16ClNO3S. The third-order valence-corrected chi connectivity index (χ3v) is 5.06. The molecule has 0 amide bonds. The minimum absolute atomic E-state index is 0.0808. The first kappa shape index (κ1) is 15.8. The second kappa shape index (κ2) is 6.05.